The van der Waals surface area contributed by atoms with Gasteiger partial charge in [0.1, 0.15) is 12.1 Å². The molecule has 1 aromatic carbocycles. The number of nitrogens with one attached hydrogen (secondary N) is 1. The molecular formula is C8H5BrFN3S. The molecular weight excluding hydrogens is 269 g/mol. The maximum Gasteiger partial charge on any atom is 0.199 e. The molecule has 72 valence electrons. The zero-order chi connectivity index (χ0) is 10.1. The molecule has 1 N–H and O–H groups in total. The van der Waals surface area contributed by atoms with E-state index < -0.39 is 0 Å². The molecule has 0 saturated heterocycles. The van der Waals surface area contributed by atoms with Crippen molar-refractivity contribution in [2.45, 2.75) is 0 Å². The van der Waals surface area contributed by atoms with E-state index in [4.69, 9.17) is 12.2 Å². The fourth-order valence-electron chi connectivity index (χ4n) is 1.07. The van der Waals surface area contributed by atoms with Gasteiger partial charge < -0.3 is 0 Å². The first-order valence-electron chi connectivity index (χ1n) is 3.76. The quantitative estimate of drug-likeness (QED) is 0.811. The number of aromatic nitrogens is 3. The van der Waals surface area contributed by atoms with Crippen molar-refractivity contribution in [2.75, 3.05) is 0 Å². The lowest BCUT2D eigenvalue weighted by atomic mass is 10.3. The smallest absolute Gasteiger partial charge is 0.199 e. The van der Waals surface area contributed by atoms with E-state index in [1.807, 2.05) is 0 Å². The lowest BCUT2D eigenvalue weighted by molar-refractivity contribution is 0.620. The van der Waals surface area contributed by atoms with Gasteiger partial charge in [-0.3, -0.25) is 9.67 Å². The molecule has 6 heteroatoms. The Labute approximate surface area is 92.7 Å². The van der Waals surface area contributed by atoms with Gasteiger partial charge in [0, 0.05) is 0 Å². The summed E-state index contributed by atoms with van der Waals surface area (Å²) >= 11 is 8.03. The highest BCUT2D eigenvalue weighted by Crippen LogP contribution is 2.18. The summed E-state index contributed by atoms with van der Waals surface area (Å²) in [4.78, 5) is 0. The summed E-state index contributed by atoms with van der Waals surface area (Å²) in [5, 5.41) is 6.34. The van der Waals surface area contributed by atoms with Crippen LogP contribution in [0.5, 0.6) is 0 Å². The number of hydrogen-bond acceptors (Lipinski definition) is 2. The van der Waals surface area contributed by atoms with Crippen LogP contribution in [0.3, 0.4) is 0 Å². The summed E-state index contributed by atoms with van der Waals surface area (Å²) in [6.07, 6.45) is 1.50. The molecule has 2 aromatic rings. The molecule has 0 saturated carbocycles. The van der Waals surface area contributed by atoms with Gasteiger partial charge in [-0.1, -0.05) is 0 Å². The SMILES string of the molecule is Fc1cc(-n2cn[nH]c2=S)ccc1Br. The zero-order valence-electron chi connectivity index (χ0n) is 6.87. The monoisotopic (exact) mass is 273 g/mol. The van der Waals surface area contributed by atoms with Crippen LogP contribution < -0.4 is 0 Å². The summed E-state index contributed by atoms with van der Waals surface area (Å²) in [7, 11) is 0. The van der Waals surface area contributed by atoms with Gasteiger partial charge in [0.15, 0.2) is 4.77 Å². The fourth-order valence-corrected chi connectivity index (χ4v) is 1.52. The van der Waals surface area contributed by atoms with Crippen LogP contribution >= 0.6 is 28.1 Å². The van der Waals surface area contributed by atoms with Gasteiger partial charge in [0.25, 0.3) is 0 Å². The predicted molar refractivity (Wildman–Crippen MR) is 56.4 cm³/mol. The van der Waals surface area contributed by atoms with Gasteiger partial charge >= 0.3 is 0 Å². The highest BCUT2D eigenvalue weighted by molar-refractivity contribution is 9.10. The Balaban J connectivity index is 2.59. The minimum atomic E-state index is -0.328. The van der Waals surface area contributed by atoms with E-state index in [0.29, 0.717) is 14.9 Å². The summed E-state index contributed by atoms with van der Waals surface area (Å²) in [5.41, 5.74) is 0.643. The Bertz CT molecular complexity index is 519. The number of hydrogen-bond donors (Lipinski definition) is 1. The van der Waals surface area contributed by atoms with E-state index >= 15 is 0 Å². The van der Waals surface area contributed by atoms with E-state index in [9.17, 15) is 4.39 Å². The molecule has 0 aliphatic heterocycles. The molecule has 0 amide bonds. The van der Waals surface area contributed by atoms with Crippen molar-refractivity contribution in [2.24, 2.45) is 0 Å². The van der Waals surface area contributed by atoms with Crippen molar-refractivity contribution < 1.29 is 4.39 Å². The van der Waals surface area contributed by atoms with Crippen LogP contribution in [0, 0.1) is 10.6 Å². The second-order valence-electron chi connectivity index (χ2n) is 2.63. The van der Waals surface area contributed by atoms with Crippen LogP contribution in [0.4, 0.5) is 4.39 Å². The van der Waals surface area contributed by atoms with Crippen LogP contribution in [0.25, 0.3) is 5.69 Å². The molecule has 0 radical (unpaired) electrons. The summed E-state index contributed by atoms with van der Waals surface area (Å²) < 4.78 is 15.6. The zero-order valence-corrected chi connectivity index (χ0v) is 9.27. The van der Waals surface area contributed by atoms with Gasteiger partial charge in [-0.25, -0.2) is 4.39 Å². The number of nitrogens with zero attached hydrogens (tertiary/aromatic N) is 2. The van der Waals surface area contributed by atoms with E-state index in [2.05, 4.69) is 26.1 Å². The van der Waals surface area contributed by atoms with E-state index in [-0.39, 0.29) is 5.82 Å². The second-order valence-corrected chi connectivity index (χ2v) is 3.87. The topological polar surface area (TPSA) is 33.6 Å². The number of aromatic amines is 1. The van der Waals surface area contributed by atoms with Crippen molar-refractivity contribution >= 4 is 28.1 Å². The molecule has 2 rings (SSSR count). The summed E-state index contributed by atoms with van der Waals surface area (Å²) in [5.74, 6) is -0.328. The molecule has 0 atom stereocenters. The number of halogens is 2. The normalized spacial score (nSPS) is 10.4. The minimum Gasteiger partial charge on any atom is -0.275 e. The van der Waals surface area contributed by atoms with Crippen LogP contribution in [-0.4, -0.2) is 14.8 Å². The van der Waals surface area contributed by atoms with Crippen LogP contribution in [-0.2, 0) is 0 Å². The Morgan fingerprint density at radius 2 is 2.29 bits per heavy atom. The third-order valence-electron chi connectivity index (χ3n) is 1.73. The average Bonchev–Trinajstić information content (AvgIpc) is 2.57. The lowest BCUT2D eigenvalue weighted by Gasteiger charge is -2.01. The number of rotatable bonds is 1. The van der Waals surface area contributed by atoms with Crippen molar-refractivity contribution in [1.29, 1.82) is 0 Å². The lowest BCUT2D eigenvalue weighted by Crippen LogP contribution is -1.93. The Morgan fingerprint density at radius 1 is 1.50 bits per heavy atom. The predicted octanol–water partition coefficient (Wildman–Crippen LogP) is 2.83. The van der Waals surface area contributed by atoms with Crippen molar-refractivity contribution in [3.05, 3.63) is 39.6 Å². The van der Waals surface area contributed by atoms with Gasteiger partial charge in [0.2, 0.25) is 0 Å². The van der Waals surface area contributed by atoms with Crippen LogP contribution in [0.2, 0.25) is 0 Å². The van der Waals surface area contributed by atoms with Crippen molar-refractivity contribution in [1.82, 2.24) is 14.8 Å². The molecule has 0 aliphatic carbocycles. The van der Waals surface area contributed by atoms with Crippen LogP contribution in [0.1, 0.15) is 0 Å². The first kappa shape index (κ1) is 9.54. The molecule has 0 unspecified atom stereocenters. The van der Waals surface area contributed by atoms with E-state index in [0.717, 1.165) is 0 Å². The summed E-state index contributed by atoms with van der Waals surface area (Å²) in [6.45, 7) is 0. The average molecular weight is 274 g/mol. The Kier molecular flexibility index (Phi) is 2.47. The Hall–Kier alpha value is -1.01. The molecule has 0 bridgehead atoms. The first-order chi connectivity index (χ1) is 6.68. The summed E-state index contributed by atoms with van der Waals surface area (Å²) in [6, 6.07) is 4.76. The molecule has 0 aliphatic rings. The van der Waals surface area contributed by atoms with E-state index in [1.165, 1.54) is 12.4 Å². The number of H-pyrrole nitrogens is 1. The number of benzene rings is 1. The van der Waals surface area contributed by atoms with Gasteiger partial charge in [-0.2, -0.15) is 5.10 Å². The van der Waals surface area contributed by atoms with E-state index in [1.54, 1.807) is 16.7 Å². The first-order valence-corrected chi connectivity index (χ1v) is 4.96. The van der Waals surface area contributed by atoms with Crippen molar-refractivity contribution in [3.63, 3.8) is 0 Å². The molecule has 1 aromatic heterocycles. The third-order valence-corrected chi connectivity index (χ3v) is 2.66. The van der Waals surface area contributed by atoms with Gasteiger partial charge in [-0.05, 0) is 46.3 Å². The highest BCUT2D eigenvalue weighted by Gasteiger charge is 2.02. The minimum absolute atomic E-state index is 0.328. The molecule has 14 heavy (non-hydrogen) atoms. The maximum atomic E-state index is 13.2. The molecule has 0 spiro atoms. The van der Waals surface area contributed by atoms with Gasteiger partial charge in [-0.15, -0.1) is 0 Å². The molecule has 1 heterocycles. The second kappa shape index (κ2) is 3.62. The van der Waals surface area contributed by atoms with Crippen LogP contribution in [0.15, 0.2) is 29.0 Å². The fraction of sp³-hybridized carbons (Fsp3) is 0. The van der Waals surface area contributed by atoms with Gasteiger partial charge in [0.05, 0.1) is 10.2 Å². The third kappa shape index (κ3) is 1.62. The maximum absolute atomic E-state index is 13.2. The highest BCUT2D eigenvalue weighted by atomic mass is 79.9. The molecule has 3 nitrogen and oxygen atoms in total. The Morgan fingerprint density at radius 3 is 2.86 bits per heavy atom. The standard InChI is InChI=1S/C8H5BrFN3S/c9-6-2-1-5(3-7(6)10)13-4-11-12-8(13)14/h1-4H,(H,12,14). The van der Waals surface area contributed by atoms with Crippen molar-refractivity contribution in [3.8, 4) is 5.69 Å². The molecule has 0 fully saturated rings. The largest absolute Gasteiger partial charge is 0.275 e.